The summed E-state index contributed by atoms with van der Waals surface area (Å²) < 4.78 is 29.2. The van der Waals surface area contributed by atoms with E-state index in [1.54, 1.807) is 25.1 Å². The lowest BCUT2D eigenvalue weighted by molar-refractivity contribution is 0.471. The summed E-state index contributed by atoms with van der Waals surface area (Å²) in [6, 6.07) is 9.47. The molecule has 1 aromatic heterocycles. The molecule has 1 aromatic carbocycles. The van der Waals surface area contributed by atoms with Gasteiger partial charge in [0.1, 0.15) is 4.90 Å². The molecule has 0 fully saturated rings. The molecule has 0 bridgehead atoms. The van der Waals surface area contributed by atoms with Gasteiger partial charge in [-0.25, -0.2) is 4.98 Å². The minimum atomic E-state index is -3.86. The third kappa shape index (κ3) is 3.71. The molecule has 0 aliphatic rings. The van der Waals surface area contributed by atoms with E-state index < -0.39 is 10.1 Å². The second kappa shape index (κ2) is 6.23. The van der Waals surface area contributed by atoms with Gasteiger partial charge in [-0.1, -0.05) is 36.9 Å². The van der Waals surface area contributed by atoms with Crippen LogP contribution in [0.25, 0.3) is 0 Å². The van der Waals surface area contributed by atoms with E-state index in [1.165, 1.54) is 30.0 Å². The predicted molar refractivity (Wildman–Crippen MR) is 77.4 cm³/mol. The van der Waals surface area contributed by atoms with Crippen LogP contribution in [0, 0.1) is 6.92 Å². The van der Waals surface area contributed by atoms with Crippen molar-refractivity contribution in [1.82, 2.24) is 9.97 Å². The van der Waals surface area contributed by atoms with Gasteiger partial charge in [0, 0.05) is 11.8 Å². The summed E-state index contributed by atoms with van der Waals surface area (Å²) in [6.07, 6.45) is 0. The van der Waals surface area contributed by atoms with Crippen LogP contribution in [0.3, 0.4) is 0 Å². The number of thioether (sulfide) groups is 1. The number of hydrogen-bond acceptors (Lipinski definition) is 6. The number of nitrogens with zero attached hydrogens (tertiary/aromatic N) is 2. The molecule has 1 heterocycles. The van der Waals surface area contributed by atoms with E-state index in [0.29, 0.717) is 10.9 Å². The van der Waals surface area contributed by atoms with Gasteiger partial charge in [-0.05, 0) is 24.8 Å². The Labute approximate surface area is 122 Å². The van der Waals surface area contributed by atoms with Crippen LogP contribution in [0.1, 0.15) is 12.6 Å². The normalized spacial score (nSPS) is 11.3. The van der Waals surface area contributed by atoms with Gasteiger partial charge in [-0.15, -0.1) is 0 Å². The Hall–Kier alpha value is -1.60. The lowest BCUT2D eigenvalue weighted by Crippen LogP contribution is -2.11. The van der Waals surface area contributed by atoms with Crippen LogP contribution in [-0.2, 0) is 10.1 Å². The van der Waals surface area contributed by atoms with Gasteiger partial charge in [0.05, 0.1) is 0 Å². The zero-order valence-corrected chi connectivity index (χ0v) is 12.7. The van der Waals surface area contributed by atoms with Gasteiger partial charge in [-0.2, -0.15) is 13.4 Å². The maximum atomic E-state index is 12.1. The van der Waals surface area contributed by atoms with E-state index in [0.717, 1.165) is 5.75 Å². The van der Waals surface area contributed by atoms with E-state index in [9.17, 15) is 8.42 Å². The maximum Gasteiger partial charge on any atom is 0.340 e. The highest BCUT2D eigenvalue weighted by molar-refractivity contribution is 7.99. The molecule has 7 heteroatoms. The zero-order chi connectivity index (χ0) is 14.6. The average molecular weight is 310 g/mol. The zero-order valence-electron chi connectivity index (χ0n) is 11.1. The number of hydrogen-bond donors (Lipinski definition) is 0. The highest BCUT2D eigenvalue weighted by atomic mass is 32.2. The van der Waals surface area contributed by atoms with Crippen LogP contribution >= 0.6 is 11.8 Å². The van der Waals surface area contributed by atoms with Gasteiger partial charge in [-0.3, -0.25) is 0 Å². The molecule has 0 saturated carbocycles. The lowest BCUT2D eigenvalue weighted by atomic mass is 10.4. The fourth-order valence-electron chi connectivity index (χ4n) is 1.50. The van der Waals surface area contributed by atoms with E-state index in [-0.39, 0.29) is 10.8 Å². The number of aryl methyl sites for hydroxylation is 1. The monoisotopic (exact) mass is 310 g/mol. The molecule has 0 aliphatic carbocycles. The first-order chi connectivity index (χ1) is 9.51. The Balaban J connectivity index is 2.30. The van der Waals surface area contributed by atoms with Gasteiger partial charge in [0.25, 0.3) is 0 Å². The van der Waals surface area contributed by atoms with E-state index in [4.69, 9.17) is 4.18 Å². The summed E-state index contributed by atoms with van der Waals surface area (Å²) in [5.41, 5.74) is 0.661. The largest absolute Gasteiger partial charge is 0.358 e. The van der Waals surface area contributed by atoms with Gasteiger partial charge in [0.2, 0.25) is 5.88 Å². The van der Waals surface area contributed by atoms with Crippen molar-refractivity contribution in [2.24, 2.45) is 0 Å². The van der Waals surface area contributed by atoms with Crippen molar-refractivity contribution in [1.29, 1.82) is 0 Å². The van der Waals surface area contributed by atoms with Gasteiger partial charge < -0.3 is 4.18 Å². The minimum absolute atomic E-state index is 0.0392. The second-order valence-corrected chi connectivity index (χ2v) is 6.69. The van der Waals surface area contributed by atoms with E-state index in [2.05, 4.69) is 9.97 Å². The smallest absolute Gasteiger partial charge is 0.340 e. The molecular formula is C13H14N2O3S2. The number of aromatic nitrogens is 2. The molecular weight excluding hydrogens is 296 g/mol. The molecule has 0 spiro atoms. The quantitative estimate of drug-likeness (QED) is 0.480. The molecule has 0 aliphatic heterocycles. The highest BCUT2D eigenvalue weighted by Crippen LogP contribution is 2.20. The first kappa shape index (κ1) is 14.8. The summed E-state index contributed by atoms with van der Waals surface area (Å²) in [5, 5.41) is 0.505. The summed E-state index contributed by atoms with van der Waals surface area (Å²) in [5.74, 6) is 0.839. The van der Waals surface area contributed by atoms with Crippen molar-refractivity contribution in [3.63, 3.8) is 0 Å². The first-order valence-electron chi connectivity index (χ1n) is 5.99. The molecule has 0 saturated heterocycles. The van der Waals surface area contributed by atoms with Crippen molar-refractivity contribution in [2.75, 3.05) is 5.75 Å². The van der Waals surface area contributed by atoms with Crippen molar-refractivity contribution < 1.29 is 12.6 Å². The predicted octanol–water partition coefficient (Wildman–Crippen LogP) is 2.66. The maximum absolute atomic E-state index is 12.1. The Morgan fingerprint density at radius 2 is 1.90 bits per heavy atom. The summed E-state index contributed by atoms with van der Waals surface area (Å²) in [6.45, 7) is 3.74. The van der Waals surface area contributed by atoms with Crippen molar-refractivity contribution in [3.8, 4) is 5.88 Å². The standard InChI is InChI=1S/C13H14N2O3S2/c1-3-19-13-14-10(2)9-12(15-13)18-20(16,17)11-7-5-4-6-8-11/h4-9H,3H2,1-2H3. The fraction of sp³-hybridized carbons (Fsp3) is 0.231. The van der Waals surface area contributed by atoms with Gasteiger partial charge >= 0.3 is 10.1 Å². The molecule has 2 aromatic rings. The topological polar surface area (TPSA) is 69.2 Å². The van der Waals surface area contributed by atoms with Gasteiger partial charge in [0.15, 0.2) is 5.16 Å². The summed E-state index contributed by atoms with van der Waals surface area (Å²) in [4.78, 5) is 8.39. The minimum Gasteiger partial charge on any atom is -0.358 e. The molecule has 0 unspecified atom stereocenters. The molecule has 106 valence electrons. The van der Waals surface area contributed by atoms with E-state index in [1.807, 2.05) is 6.92 Å². The van der Waals surface area contributed by atoms with E-state index >= 15 is 0 Å². The summed E-state index contributed by atoms with van der Waals surface area (Å²) in [7, 11) is -3.86. The fourth-order valence-corrected chi connectivity index (χ4v) is 3.02. The Kier molecular flexibility index (Phi) is 4.61. The summed E-state index contributed by atoms with van der Waals surface area (Å²) >= 11 is 1.43. The Bertz CT molecular complexity index is 688. The second-order valence-electron chi connectivity index (χ2n) is 3.91. The Morgan fingerprint density at radius 1 is 1.20 bits per heavy atom. The molecule has 0 amide bonds. The van der Waals surface area contributed by atoms with Crippen LogP contribution < -0.4 is 4.18 Å². The highest BCUT2D eigenvalue weighted by Gasteiger charge is 2.17. The van der Waals surface area contributed by atoms with Crippen LogP contribution in [0.5, 0.6) is 5.88 Å². The first-order valence-corrected chi connectivity index (χ1v) is 8.38. The average Bonchev–Trinajstić information content (AvgIpc) is 2.39. The number of benzene rings is 1. The Morgan fingerprint density at radius 3 is 2.55 bits per heavy atom. The van der Waals surface area contributed by atoms with Crippen LogP contribution in [0.15, 0.2) is 46.5 Å². The molecule has 5 nitrogen and oxygen atoms in total. The van der Waals surface area contributed by atoms with Crippen LogP contribution in [-0.4, -0.2) is 24.1 Å². The molecule has 0 N–H and O–H groups in total. The van der Waals surface area contributed by atoms with Crippen molar-refractivity contribution in [2.45, 2.75) is 23.9 Å². The third-order valence-electron chi connectivity index (χ3n) is 2.31. The molecule has 20 heavy (non-hydrogen) atoms. The van der Waals surface area contributed by atoms with Crippen molar-refractivity contribution in [3.05, 3.63) is 42.1 Å². The molecule has 2 rings (SSSR count). The molecule has 0 radical (unpaired) electrons. The third-order valence-corrected chi connectivity index (χ3v) is 4.28. The SMILES string of the molecule is CCSc1nc(C)cc(OS(=O)(=O)c2ccccc2)n1. The molecule has 0 atom stereocenters. The van der Waals surface area contributed by atoms with Crippen LogP contribution in [0.2, 0.25) is 0 Å². The lowest BCUT2D eigenvalue weighted by Gasteiger charge is -2.07. The number of rotatable bonds is 5. The van der Waals surface area contributed by atoms with Crippen molar-refractivity contribution >= 4 is 21.9 Å². The van der Waals surface area contributed by atoms with Crippen LogP contribution in [0.4, 0.5) is 0 Å².